The predicted octanol–water partition coefficient (Wildman–Crippen LogP) is 2.91. The molecule has 0 amide bonds. The number of rotatable bonds is 6. The quantitative estimate of drug-likeness (QED) is 0.754. The topological polar surface area (TPSA) is 23.5 Å². The molecule has 0 aromatic carbocycles. The summed E-state index contributed by atoms with van der Waals surface area (Å²) in [5, 5.41) is 9.07. The molecule has 1 aliphatic rings. The first-order valence-electron chi connectivity index (χ1n) is 7.02. The molecule has 0 radical (unpaired) electrons. The van der Waals surface area contributed by atoms with Crippen LogP contribution < -0.4 is 0 Å². The molecule has 16 heavy (non-hydrogen) atoms. The van der Waals surface area contributed by atoms with Crippen LogP contribution in [0.25, 0.3) is 0 Å². The van der Waals surface area contributed by atoms with Crippen LogP contribution in [0, 0.1) is 11.8 Å². The van der Waals surface area contributed by atoms with Gasteiger partial charge in [-0.2, -0.15) is 0 Å². The molecule has 96 valence electrons. The summed E-state index contributed by atoms with van der Waals surface area (Å²) in [6.07, 6.45) is 7.00. The molecule has 2 unspecified atom stereocenters. The van der Waals surface area contributed by atoms with Crippen molar-refractivity contribution in [3.63, 3.8) is 0 Å². The summed E-state index contributed by atoms with van der Waals surface area (Å²) in [4.78, 5) is 2.43. The van der Waals surface area contributed by atoms with Crippen LogP contribution in [0.3, 0.4) is 0 Å². The van der Waals surface area contributed by atoms with Crippen molar-refractivity contribution in [2.24, 2.45) is 11.8 Å². The van der Waals surface area contributed by atoms with Crippen LogP contribution in [0.1, 0.15) is 52.9 Å². The van der Waals surface area contributed by atoms with E-state index < -0.39 is 0 Å². The Labute approximate surface area is 101 Å². The molecular formula is C14H29NO. The van der Waals surface area contributed by atoms with E-state index in [-0.39, 0.29) is 0 Å². The van der Waals surface area contributed by atoms with Gasteiger partial charge in [0, 0.05) is 19.1 Å². The van der Waals surface area contributed by atoms with E-state index in [1.165, 1.54) is 38.6 Å². The van der Waals surface area contributed by atoms with Gasteiger partial charge in [0.15, 0.2) is 0 Å². The van der Waals surface area contributed by atoms with Crippen molar-refractivity contribution in [3.05, 3.63) is 0 Å². The molecule has 0 spiro atoms. The summed E-state index contributed by atoms with van der Waals surface area (Å²) < 4.78 is 0. The third-order valence-corrected chi connectivity index (χ3v) is 4.08. The molecule has 2 heteroatoms. The molecule has 0 aromatic rings. The standard InChI is InChI=1S/C14H29NO/c1-4-13-6-5-7-14(10-13)11-15(8-9-16)12(2)3/h12-14,16H,4-11H2,1-3H3. The van der Waals surface area contributed by atoms with Crippen molar-refractivity contribution in [1.82, 2.24) is 4.90 Å². The van der Waals surface area contributed by atoms with Crippen LogP contribution >= 0.6 is 0 Å². The van der Waals surface area contributed by atoms with Crippen molar-refractivity contribution >= 4 is 0 Å². The van der Waals surface area contributed by atoms with Gasteiger partial charge >= 0.3 is 0 Å². The zero-order valence-electron chi connectivity index (χ0n) is 11.3. The van der Waals surface area contributed by atoms with Crippen molar-refractivity contribution in [1.29, 1.82) is 0 Å². The smallest absolute Gasteiger partial charge is 0.0558 e. The third-order valence-electron chi connectivity index (χ3n) is 4.08. The number of aliphatic hydroxyl groups is 1. The highest BCUT2D eigenvalue weighted by molar-refractivity contribution is 4.76. The van der Waals surface area contributed by atoms with Gasteiger partial charge in [0.1, 0.15) is 0 Å². The van der Waals surface area contributed by atoms with Crippen molar-refractivity contribution in [3.8, 4) is 0 Å². The molecule has 2 nitrogen and oxygen atoms in total. The summed E-state index contributed by atoms with van der Waals surface area (Å²) in [5.74, 6) is 1.83. The summed E-state index contributed by atoms with van der Waals surface area (Å²) in [6, 6.07) is 0.564. The van der Waals surface area contributed by atoms with E-state index in [0.29, 0.717) is 12.6 Å². The first kappa shape index (κ1) is 14.0. The first-order chi connectivity index (χ1) is 7.67. The molecule has 0 aliphatic heterocycles. The molecule has 0 heterocycles. The molecule has 1 aliphatic carbocycles. The lowest BCUT2D eigenvalue weighted by molar-refractivity contribution is 0.121. The normalized spacial score (nSPS) is 26.6. The Bertz CT molecular complexity index is 182. The van der Waals surface area contributed by atoms with Gasteiger partial charge in [0.05, 0.1) is 6.61 Å². The Morgan fingerprint density at radius 3 is 2.50 bits per heavy atom. The second-order valence-electron chi connectivity index (χ2n) is 5.62. The van der Waals surface area contributed by atoms with Gasteiger partial charge in [-0.1, -0.05) is 26.2 Å². The van der Waals surface area contributed by atoms with E-state index in [9.17, 15) is 0 Å². The summed E-state index contributed by atoms with van der Waals surface area (Å²) in [7, 11) is 0. The summed E-state index contributed by atoms with van der Waals surface area (Å²) >= 11 is 0. The lowest BCUT2D eigenvalue weighted by Crippen LogP contribution is -2.38. The van der Waals surface area contributed by atoms with Crippen LogP contribution in [0.2, 0.25) is 0 Å². The van der Waals surface area contributed by atoms with Crippen molar-refractivity contribution in [2.75, 3.05) is 19.7 Å². The minimum Gasteiger partial charge on any atom is -0.395 e. The van der Waals surface area contributed by atoms with E-state index in [1.54, 1.807) is 0 Å². The largest absolute Gasteiger partial charge is 0.395 e. The third kappa shape index (κ3) is 4.42. The molecule has 1 N–H and O–H groups in total. The minimum atomic E-state index is 0.294. The second-order valence-corrected chi connectivity index (χ2v) is 5.62. The van der Waals surface area contributed by atoms with Gasteiger partial charge in [0.25, 0.3) is 0 Å². The minimum absolute atomic E-state index is 0.294. The first-order valence-corrected chi connectivity index (χ1v) is 7.02. The number of aliphatic hydroxyl groups excluding tert-OH is 1. The average molecular weight is 227 g/mol. The molecule has 0 bridgehead atoms. The highest BCUT2D eigenvalue weighted by Crippen LogP contribution is 2.31. The highest BCUT2D eigenvalue weighted by Gasteiger charge is 2.23. The predicted molar refractivity (Wildman–Crippen MR) is 69.5 cm³/mol. The molecule has 0 aromatic heterocycles. The SMILES string of the molecule is CCC1CCCC(CN(CCO)C(C)C)C1. The summed E-state index contributed by atoms with van der Waals surface area (Å²) in [5.41, 5.74) is 0. The van der Waals surface area contributed by atoms with E-state index in [1.807, 2.05) is 0 Å². The van der Waals surface area contributed by atoms with Crippen LogP contribution in [0.5, 0.6) is 0 Å². The monoisotopic (exact) mass is 227 g/mol. The van der Waals surface area contributed by atoms with E-state index in [4.69, 9.17) is 5.11 Å². The van der Waals surface area contributed by atoms with E-state index >= 15 is 0 Å². The maximum Gasteiger partial charge on any atom is 0.0558 e. The lowest BCUT2D eigenvalue weighted by atomic mass is 9.80. The van der Waals surface area contributed by atoms with Crippen LogP contribution in [-0.4, -0.2) is 35.7 Å². The molecule has 2 atom stereocenters. The van der Waals surface area contributed by atoms with Gasteiger partial charge in [-0.05, 0) is 38.5 Å². The number of hydrogen-bond acceptors (Lipinski definition) is 2. The lowest BCUT2D eigenvalue weighted by Gasteiger charge is -2.34. The Balaban J connectivity index is 2.38. The Morgan fingerprint density at radius 1 is 1.25 bits per heavy atom. The Kier molecular flexibility index (Phi) is 6.37. The van der Waals surface area contributed by atoms with Gasteiger partial charge < -0.3 is 5.11 Å². The number of nitrogens with zero attached hydrogens (tertiary/aromatic N) is 1. The zero-order chi connectivity index (χ0) is 12.0. The highest BCUT2D eigenvalue weighted by atomic mass is 16.3. The van der Waals surface area contributed by atoms with Gasteiger partial charge in [0.2, 0.25) is 0 Å². The van der Waals surface area contributed by atoms with Crippen molar-refractivity contribution < 1.29 is 5.11 Å². The van der Waals surface area contributed by atoms with Crippen LogP contribution in [-0.2, 0) is 0 Å². The Morgan fingerprint density at radius 2 is 1.94 bits per heavy atom. The second kappa shape index (κ2) is 7.29. The number of hydrogen-bond donors (Lipinski definition) is 1. The van der Waals surface area contributed by atoms with Gasteiger partial charge in [-0.15, -0.1) is 0 Å². The maximum atomic E-state index is 9.07. The summed E-state index contributed by atoms with van der Waals surface area (Å²) in [6.45, 7) is 9.11. The molecule has 1 saturated carbocycles. The molecular weight excluding hydrogens is 198 g/mol. The Hall–Kier alpha value is -0.0800. The van der Waals surface area contributed by atoms with E-state index in [2.05, 4.69) is 25.7 Å². The average Bonchev–Trinajstić information content (AvgIpc) is 2.28. The molecule has 1 fully saturated rings. The van der Waals surface area contributed by atoms with Crippen molar-refractivity contribution in [2.45, 2.75) is 58.9 Å². The molecule has 0 saturated heterocycles. The van der Waals surface area contributed by atoms with E-state index in [0.717, 1.165) is 18.4 Å². The fourth-order valence-electron chi connectivity index (χ4n) is 2.96. The van der Waals surface area contributed by atoms with Gasteiger partial charge in [-0.3, -0.25) is 4.90 Å². The molecule has 1 rings (SSSR count). The fraction of sp³-hybridized carbons (Fsp3) is 1.00. The fourth-order valence-corrected chi connectivity index (χ4v) is 2.96. The zero-order valence-corrected chi connectivity index (χ0v) is 11.3. The van der Waals surface area contributed by atoms with Gasteiger partial charge in [-0.25, -0.2) is 0 Å². The maximum absolute atomic E-state index is 9.07. The van der Waals surface area contributed by atoms with Crippen LogP contribution in [0.15, 0.2) is 0 Å². The van der Waals surface area contributed by atoms with Crippen LogP contribution in [0.4, 0.5) is 0 Å².